The molecule has 2 heterocycles. The van der Waals surface area contributed by atoms with Gasteiger partial charge in [0.1, 0.15) is 12.4 Å². The van der Waals surface area contributed by atoms with E-state index < -0.39 is 30.6 Å². The highest BCUT2D eigenvalue weighted by Crippen LogP contribution is 2.33. The minimum atomic E-state index is -4.71. The molecule has 1 N–H and O–H groups in total. The van der Waals surface area contributed by atoms with Crippen LogP contribution in [0.15, 0.2) is 36.4 Å². The number of nitrogens with zero attached hydrogens (tertiary/aromatic N) is 5. The van der Waals surface area contributed by atoms with E-state index in [1.165, 1.54) is 18.2 Å². The highest BCUT2D eigenvalue weighted by atomic mass is 19.4. The zero-order chi connectivity index (χ0) is 23.1. The first-order chi connectivity index (χ1) is 15.0. The van der Waals surface area contributed by atoms with Gasteiger partial charge in [0.05, 0.1) is 0 Å². The highest BCUT2D eigenvalue weighted by Gasteiger charge is 2.38. The first kappa shape index (κ1) is 21.8. The number of hydrogen-bond acceptors (Lipinski definition) is 5. The fraction of sp³-hybridized carbons (Fsp3) is 0.368. The molecular weight excluding hydrogens is 442 g/mol. The molecule has 0 bridgehead atoms. The van der Waals surface area contributed by atoms with Crippen LogP contribution < -0.4 is 10.2 Å². The number of carbonyl (C=O) groups is 1. The Balaban J connectivity index is 1.53. The smallest absolute Gasteiger partial charge is 0.348 e. The average molecular weight is 458 g/mol. The Hall–Kier alpha value is -3.38. The maximum atomic E-state index is 13.2. The Morgan fingerprint density at radius 3 is 2.31 bits per heavy atom. The first-order valence-corrected chi connectivity index (χ1v) is 9.51. The van der Waals surface area contributed by atoms with E-state index in [-0.39, 0.29) is 23.8 Å². The standard InChI is InChI=1S/C19H16F6N6O/c20-18(21,22)10-26-16(32)12-3-1-11(2-4-12)9-30(13-5-6-13)15-8-7-14-27-28-17(19(23,24)25)31(14)29-15/h1-4,7-8,13H,5-6,9-10H2,(H,26,32). The summed E-state index contributed by atoms with van der Waals surface area (Å²) in [6, 6.07) is 8.98. The summed E-state index contributed by atoms with van der Waals surface area (Å²) in [7, 11) is 0. The third kappa shape index (κ3) is 4.92. The Labute approximate surface area is 177 Å². The maximum absolute atomic E-state index is 13.2. The van der Waals surface area contributed by atoms with Crippen LogP contribution in [0.4, 0.5) is 32.2 Å². The van der Waals surface area contributed by atoms with Gasteiger partial charge in [0.2, 0.25) is 0 Å². The molecule has 1 aliphatic rings. The van der Waals surface area contributed by atoms with Crippen LogP contribution in [0.5, 0.6) is 0 Å². The molecule has 170 valence electrons. The third-order valence-corrected chi connectivity index (χ3v) is 4.80. The zero-order valence-electron chi connectivity index (χ0n) is 16.3. The number of benzene rings is 1. The number of fused-ring (bicyclic) bond motifs is 1. The molecule has 2 aromatic heterocycles. The molecule has 1 amide bonds. The van der Waals surface area contributed by atoms with Crippen molar-refractivity contribution in [3.63, 3.8) is 0 Å². The summed E-state index contributed by atoms with van der Waals surface area (Å²) in [5, 5.41) is 12.5. The average Bonchev–Trinajstić information content (AvgIpc) is 3.46. The predicted molar refractivity (Wildman–Crippen MR) is 99.8 cm³/mol. The molecular formula is C19H16F6N6O. The molecule has 7 nitrogen and oxygen atoms in total. The number of halogens is 6. The van der Waals surface area contributed by atoms with Crippen molar-refractivity contribution >= 4 is 17.4 Å². The van der Waals surface area contributed by atoms with Crippen molar-refractivity contribution in [2.24, 2.45) is 0 Å². The predicted octanol–water partition coefficient (Wildman–Crippen LogP) is 3.60. The van der Waals surface area contributed by atoms with Gasteiger partial charge in [0.25, 0.3) is 11.7 Å². The van der Waals surface area contributed by atoms with E-state index in [1.54, 1.807) is 23.5 Å². The quantitative estimate of drug-likeness (QED) is 0.572. The van der Waals surface area contributed by atoms with E-state index >= 15 is 0 Å². The van der Waals surface area contributed by atoms with Gasteiger partial charge in [-0.15, -0.1) is 15.3 Å². The Kier molecular flexibility index (Phi) is 5.42. The summed E-state index contributed by atoms with van der Waals surface area (Å²) in [6.45, 7) is -1.14. The highest BCUT2D eigenvalue weighted by molar-refractivity contribution is 5.94. The van der Waals surface area contributed by atoms with Crippen molar-refractivity contribution in [3.05, 3.63) is 53.3 Å². The summed E-state index contributed by atoms with van der Waals surface area (Å²) in [4.78, 5) is 13.7. The molecule has 0 unspecified atom stereocenters. The topological polar surface area (TPSA) is 75.4 Å². The SMILES string of the molecule is O=C(NCC(F)(F)F)c1ccc(CN(c2ccc3nnc(C(F)(F)F)n3n2)C2CC2)cc1. The Morgan fingerprint density at radius 2 is 1.72 bits per heavy atom. The van der Waals surface area contributed by atoms with Crippen LogP contribution in [0.1, 0.15) is 34.6 Å². The summed E-state index contributed by atoms with van der Waals surface area (Å²) < 4.78 is 76.9. The molecule has 0 radical (unpaired) electrons. The van der Waals surface area contributed by atoms with Gasteiger partial charge >= 0.3 is 12.4 Å². The third-order valence-electron chi connectivity index (χ3n) is 4.80. The lowest BCUT2D eigenvalue weighted by atomic mass is 10.1. The molecule has 3 aromatic rings. The molecule has 4 rings (SSSR count). The molecule has 13 heteroatoms. The summed E-state index contributed by atoms with van der Waals surface area (Å²) in [6.07, 6.45) is -7.54. The summed E-state index contributed by atoms with van der Waals surface area (Å²) in [5.74, 6) is -1.77. The van der Waals surface area contributed by atoms with Crippen molar-refractivity contribution in [2.75, 3.05) is 11.4 Å². The summed E-state index contributed by atoms with van der Waals surface area (Å²) >= 11 is 0. The van der Waals surface area contributed by atoms with Crippen LogP contribution in [0.25, 0.3) is 5.65 Å². The Bertz CT molecular complexity index is 1120. The number of rotatable bonds is 6. The van der Waals surface area contributed by atoms with Crippen LogP contribution >= 0.6 is 0 Å². The van der Waals surface area contributed by atoms with Gasteiger partial charge in [-0.1, -0.05) is 12.1 Å². The van der Waals surface area contributed by atoms with E-state index in [1.807, 2.05) is 4.90 Å². The molecule has 1 fully saturated rings. The second kappa shape index (κ2) is 7.95. The van der Waals surface area contributed by atoms with Crippen LogP contribution in [0.3, 0.4) is 0 Å². The molecule has 1 aromatic carbocycles. The molecule has 1 saturated carbocycles. The van der Waals surface area contributed by atoms with E-state index in [2.05, 4.69) is 15.3 Å². The second-order valence-electron chi connectivity index (χ2n) is 7.34. The number of carbonyl (C=O) groups excluding carboxylic acids is 1. The van der Waals surface area contributed by atoms with Gasteiger partial charge in [-0.3, -0.25) is 4.79 Å². The van der Waals surface area contributed by atoms with Crippen molar-refractivity contribution in [3.8, 4) is 0 Å². The van der Waals surface area contributed by atoms with Crippen molar-refractivity contribution in [1.29, 1.82) is 0 Å². The van der Waals surface area contributed by atoms with Gasteiger partial charge in [0, 0.05) is 18.2 Å². The van der Waals surface area contributed by atoms with Crippen LogP contribution in [0, 0.1) is 0 Å². The first-order valence-electron chi connectivity index (χ1n) is 9.51. The number of hydrogen-bond donors (Lipinski definition) is 1. The monoisotopic (exact) mass is 458 g/mol. The zero-order valence-corrected chi connectivity index (χ0v) is 16.3. The molecule has 0 saturated heterocycles. The van der Waals surface area contributed by atoms with Crippen LogP contribution in [-0.4, -0.2) is 44.5 Å². The van der Waals surface area contributed by atoms with Crippen LogP contribution in [0.2, 0.25) is 0 Å². The Morgan fingerprint density at radius 1 is 1.03 bits per heavy atom. The minimum Gasteiger partial charge on any atom is -0.348 e. The van der Waals surface area contributed by atoms with Crippen LogP contribution in [-0.2, 0) is 12.7 Å². The number of nitrogens with one attached hydrogen (secondary N) is 1. The summed E-state index contributed by atoms with van der Waals surface area (Å²) in [5.41, 5.74) is 0.742. The number of aromatic nitrogens is 4. The fourth-order valence-electron chi connectivity index (χ4n) is 3.13. The lowest BCUT2D eigenvalue weighted by molar-refractivity contribution is -0.146. The van der Waals surface area contributed by atoms with E-state index in [4.69, 9.17) is 0 Å². The van der Waals surface area contributed by atoms with Crippen molar-refractivity contribution in [2.45, 2.75) is 37.8 Å². The molecule has 0 spiro atoms. The number of anilines is 1. The van der Waals surface area contributed by atoms with Gasteiger partial charge in [0.15, 0.2) is 5.65 Å². The molecule has 1 aliphatic carbocycles. The largest absolute Gasteiger partial charge is 0.453 e. The molecule has 0 atom stereocenters. The van der Waals surface area contributed by atoms with Gasteiger partial charge in [-0.2, -0.15) is 30.9 Å². The minimum absolute atomic E-state index is 0.0361. The van der Waals surface area contributed by atoms with E-state index in [0.717, 1.165) is 12.8 Å². The number of amides is 1. The van der Waals surface area contributed by atoms with E-state index in [0.29, 0.717) is 15.9 Å². The lowest BCUT2D eigenvalue weighted by Crippen LogP contribution is -2.33. The normalized spacial score (nSPS) is 14.6. The van der Waals surface area contributed by atoms with Gasteiger partial charge in [-0.25, -0.2) is 0 Å². The molecule has 0 aliphatic heterocycles. The number of alkyl halides is 6. The fourth-order valence-corrected chi connectivity index (χ4v) is 3.13. The maximum Gasteiger partial charge on any atom is 0.453 e. The lowest BCUT2D eigenvalue weighted by Gasteiger charge is -2.23. The second-order valence-corrected chi connectivity index (χ2v) is 7.34. The van der Waals surface area contributed by atoms with Gasteiger partial charge < -0.3 is 10.2 Å². The van der Waals surface area contributed by atoms with Gasteiger partial charge in [-0.05, 0) is 42.7 Å². The van der Waals surface area contributed by atoms with E-state index in [9.17, 15) is 31.1 Å². The van der Waals surface area contributed by atoms with Crippen molar-refractivity contribution in [1.82, 2.24) is 25.1 Å². The molecule has 32 heavy (non-hydrogen) atoms. The van der Waals surface area contributed by atoms with Crippen molar-refractivity contribution < 1.29 is 31.1 Å².